The number of nitrogens with one attached hydrogen (secondary N) is 1. The van der Waals surface area contributed by atoms with Crippen molar-refractivity contribution < 1.29 is 4.79 Å². The van der Waals surface area contributed by atoms with Crippen molar-refractivity contribution in [2.75, 3.05) is 11.5 Å². The van der Waals surface area contributed by atoms with Gasteiger partial charge in [-0.25, -0.2) is 0 Å². The quantitative estimate of drug-likeness (QED) is 0.847. The second kappa shape index (κ2) is 6.00. The highest BCUT2D eigenvalue weighted by atomic mass is 31.1. The number of hydrogen-bond acceptors (Lipinski definition) is 2. The summed E-state index contributed by atoms with van der Waals surface area (Å²) in [6.07, 6.45) is 3.97. The number of amides is 1. The van der Waals surface area contributed by atoms with E-state index in [4.69, 9.17) is 0 Å². The lowest BCUT2D eigenvalue weighted by Crippen LogP contribution is -2.30. The number of rotatable bonds is 3. The van der Waals surface area contributed by atoms with Crippen LogP contribution in [0.1, 0.15) is 41.5 Å². The number of anilines is 1. The van der Waals surface area contributed by atoms with E-state index in [1.165, 1.54) is 0 Å². The molecular weight excluding hydrogens is 255 g/mol. The molecule has 0 bridgehead atoms. The van der Waals surface area contributed by atoms with Crippen LogP contribution in [-0.4, -0.2) is 27.4 Å². The Morgan fingerprint density at radius 1 is 1.21 bits per heavy atom. The molecule has 106 valence electrons. The topological polar surface area (TPSA) is 42.0 Å². The van der Waals surface area contributed by atoms with Gasteiger partial charge in [-0.3, -0.25) is 9.78 Å². The highest BCUT2D eigenvalue weighted by Crippen LogP contribution is 2.58. The van der Waals surface area contributed by atoms with Crippen LogP contribution in [0.2, 0.25) is 0 Å². The Kier molecular flexibility index (Phi) is 5.09. The second-order valence-electron chi connectivity index (χ2n) is 6.72. The number of carbonyl (C=O) groups is 1. The molecule has 0 atom stereocenters. The molecule has 1 N–H and O–H groups in total. The molecule has 1 rings (SSSR count). The molecule has 0 fully saturated rings. The summed E-state index contributed by atoms with van der Waals surface area (Å²) < 4.78 is 0. The third-order valence-electron chi connectivity index (χ3n) is 2.87. The van der Waals surface area contributed by atoms with Crippen LogP contribution in [0.4, 0.5) is 5.69 Å². The first kappa shape index (κ1) is 16.1. The van der Waals surface area contributed by atoms with Crippen LogP contribution in [0.15, 0.2) is 24.5 Å². The van der Waals surface area contributed by atoms with Crippen LogP contribution in [0.25, 0.3) is 0 Å². The zero-order valence-electron chi connectivity index (χ0n) is 12.8. The molecule has 0 aliphatic heterocycles. The highest BCUT2D eigenvalue weighted by Gasteiger charge is 2.35. The first-order valence-electron chi connectivity index (χ1n) is 6.58. The predicted molar refractivity (Wildman–Crippen MR) is 84.2 cm³/mol. The van der Waals surface area contributed by atoms with Crippen molar-refractivity contribution in [1.29, 1.82) is 0 Å². The van der Waals surface area contributed by atoms with Crippen LogP contribution < -0.4 is 5.32 Å². The fourth-order valence-corrected chi connectivity index (χ4v) is 5.59. The molecule has 0 aliphatic rings. The van der Waals surface area contributed by atoms with Crippen molar-refractivity contribution in [3.05, 3.63) is 24.5 Å². The van der Waals surface area contributed by atoms with Gasteiger partial charge in [0.1, 0.15) is 0 Å². The first-order chi connectivity index (χ1) is 8.60. The fraction of sp³-hybridized carbons (Fsp3) is 0.600. The second-order valence-corrected chi connectivity index (χ2v) is 10.6. The minimum absolute atomic E-state index is 0.0870. The molecule has 1 heterocycles. The van der Waals surface area contributed by atoms with Gasteiger partial charge in [-0.15, -0.1) is 0 Å². The van der Waals surface area contributed by atoms with E-state index in [9.17, 15) is 4.79 Å². The number of hydrogen-bond donors (Lipinski definition) is 1. The number of aromatic nitrogens is 1. The maximum atomic E-state index is 12.2. The van der Waals surface area contributed by atoms with Crippen LogP contribution in [0.3, 0.4) is 0 Å². The Morgan fingerprint density at radius 3 is 2.21 bits per heavy atom. The standard InChI is InChI=1S/C15H25N2OP/c1-14(2,3)19(15(4,5)6)11-13(18)17-12-8-7-9-16-10-12/h7-10H,11H2,1-6H3,(H,17,18). The summed E-state index contributed by atoms with van der Waals surface area (Å²) in [6.45, 7) is 13.3. The normalized spacial score (nSPS) is 12.6. The van der Waals surface area contributed by atoms with Gasteiger partial charge < -0.3 is 5.32 Å². The number of carbonyl (C=O) groups excluding carboxylic acids is 1. The van der Waals surface area contributed by atoms with Gasteiger partial charge in [0.25, 0.3) is 0 Å². The molecule has 0 saturated carbocycles. The van der Waals surface area contributed by atoms with Crippen LogP contribution in [-0.2, 0) is 4.79 Å². The van der Waals surface area contributed by atoms with Gasteiger partial charge in [-0.05, 0) is 22.4 Å². The molecule has 1 amide bonds. The fourth-order valence-electron chi connectivity index (χ4n) is 2.26. The predicted octanol–water partition coefficient (Wildman–Crippen LogP) is 4.10. The molecule has 19 heavy (non-hydrogen) atoms. The number of nitrogens with zero attached hydrogens (tertiary/aromatic N) is 1. The molecule has 3 nitrogen and oxygen atoms in total. The summed E-state index contributed by atoms with van der Waals surface area (Å²) in [5.41, 5.74) is 0.769. The monoisotopic (exact) mass is 280 g/mol. The van der Waals surface area contributed by atoms with Crippen molar-refractivity contribution in [1.82, 2.24) is 4.98 Å². The average Bonchev–Trinajstić information content (AvgIpc) is 2.24. The van der Waals surface area contributed by atoms with Gasteiger partial charge in [0, 0.05) is 12.4 Å². The maximum absolute atomic E-state index is 12.2. The molecule has 0 aromatic carbocycles. The van der Waals surface area contributed by atoms with E-state index in [0.29, 0.717) is 6.16 Å². The smallest absolute Gasteiger partial charge is 0.228 e. The SMILES string of the molecule is CC(C)(C)P(CC(=O)Nc1cccnc1)C(C)(C)C. The van der Waals surface area contributed by atoms with E-state index >= 15 is 0 Å². The van der Waals surface area contributed by atoms with Gasteiger partial charge in [-0.1, -0.05) is 49.5 Å². The Hall–Kier alpha value is -0.950. The van der Waals surface area contributed by atoms with Crippen molar-refractivity contribution in [2.24, 2.45) is 0 Å². The van der Waals surface area contributed by atoms with Crippen molar-refractivity contribution >= 4 is 19.5 Å². The Bertz CT molecular complexity index is 404. The Labute approximate surface area is 118 Å². The maximum Gasteiger partial charge on any atom is 0.228 e. The minimum atomic E-state index is -0.411. The van der Waals surface area contributed by atoms with E-state index in [1.807, 2.05) is 12.1 Å². The molecule has 0 saturated heterocycles. The Balaban J connectivity index is 2.73. The van der Waals surface area contributed by atoms with E-state index in [-0.39, 0.29) is 16.2 Å². The van der Waals surface area contributed by atoms with Gasteiger partial charge in [0.15, 0.2) is 0 Å². The van der Waals surface area contributed by atoms with E-state index in [2.05, 4.69) is 51.8 Å². The molecule has 0 spiro atoms. The van der Waals surface area contributed by atoms with Crippen LogP contribution >= 0.6 is 7.92 Å². The lowest BCUT2D eigenvalue weighted by atomic mass is 10.2. The lowest BCUT2D eigenvalue weighted by Gasteiger charge is -2.41. The Morgan fingerprint density at radius 2 is 1.79 bits per heavy atom. The lowest BCUT2D eigenvalue weighted by molar-refractivity contribution is -0.113. The van der Waals surface area contributed by atoms with Gasteiger partial charge >= 0.3 is 0 Å². The van der Waals surface area contributed by atoms with E-state index in [0.717, 1.165) is 5.69 Å². The summed E-state index contributed by atoms with van der Waals surface area (Å²) in [5.74, 6) is 0.0870. The summed E-state index contributed by atoms with van der Waals surface area (Å²) >= 11 is 0. The molecule has 1 aromatic heterocycles. The zero-order valence-corrected chi connectivity index (χ0v) is 13.7. The molecule has 0 radical (unpaired) electrons. The summed E-state index contributed by atoms with van der Waals surface area (Å²) in [4.78, 5) is 16.2. The zero-order chi connectivity index (χ0) is 14.7. The van der Waals surface area contributed by atoms with Gasteiger partial charge in [0.05, 0.1) is 11.9 Å². The first-order valence-corrected chi connectivity index (χ1v) is 8.11. The van der Waals surface area contributed by atoms with E-state index in [1.54, 1.807) is 12.4 Å². The largest absolute Gasteiger partial charge is 0.324 e. The molecular formula is C15H25N2OP. The van der Waals surface area contributed by atoms with E-state index < -0.39 is 7.92 Å². The van der Waals surface area contributed by atoms with Gasteiger partial charge in [0.2, 0.25) is 5.91 Å². The van der Waals surface area contributed by atoms with Crippen LogP contribution in [0.5, 0.6) is 0 Å². The summed E-state index contributed by atoms with van der Waals surface area (Å²) in [7, 11) is -0.411. The van der Waals surface area contributed by atoms with Crippen molar-refractivity contribution in [3.8, 4) is 0 Å². The molecule has 0 aliphatic carbocycles. The van der Waals surface area contributed by atoms with Crippen molar-refractivity contribution in [3.63, 3.8) is 0 Å². The third-order valence-corrected chi connectivity index (χ3v) is 6.71. The van der Waals surface area contributed by atoms with Gasteiger partial charge in [-0.2, -0.15) is 0 Å². The molecule has 0 unspecified atom stereocenters. The third kappa shape index (κ3) is 5.28. The van der Waals surface area contributed by atoms with Crippen LogP contribution in [0, 0.1) is 0 Å². The molecule has 4 heteroatoms. The van der Waals surface area contributed by atoms with Crippen molar-refractivity contribution in [2.45, 2.75) is 51.9 Å². The summed E-state index contributed by atoms with van der Waals surface area (Å²) in [5, 5.41) is 3.26. The summed E-state index contributed by atoms with van der Waals surface area (Å²) in [6, 6.07) is 3.69. The highest BCUT2D eigenvalue weighted by molar-refractivity contribution is 7.61. The minimum Gasteiger partial charge on any atom is -0.324 e. The average molecular weight is 280 g/mol. The number of pyridine rings is 1. The molecule has 1 aromatic rings.